The van der Waals surface area contributed by atoms with Crippen molar-refractivity contribution >= 4 is 40.9 Å². The first-order chi connectivity index (χ1) is 13.5. The number of carbonyl (C=O) groups excluding carboxylic acids is 1. The van der Waals surface area contributed by atoms with Crippen LogP contribution in [-0.4, -0.2) is 29.7 Å². The molecule has 0 spiro atoms. The number of fused-ring (bicyclic) bond motifs is 1. The molecule has 0 aliphatic heterocycles. The Morgan fingerprint density at radius 1 is 1.11 bits per heavy atom. The van der Waals surface area contributed by atoms with Crippen LogP contribution in [0, 0.1) is 0 Å². The summed E-state index contributed by atoms with van der Waals surface area (Å²) >= 11 is 12.2. The summed E-state index contributed by atoms with van der Waals surface area (Å²) in [5.74, 6) is -1.13. The van der Waals surface area contributed by atoms with Gasteiger partial charge in [0.25, 0.3) is 0 Å². The number of carboxylic acid groups (broad SMARTS) is 1. The van der Waals surface area contributed by atoms with Gasteiger partial charge in [-0.15, -0.1) is 0 Å². The maximum Gasteiger partial charge on any atom is 0.327 e. The van der Waals surface area contributed by atoms with Crippen LogP contribution in [0.2, 0.25) is 10.0 Å². The van der Waals surface area contributed by atoms with E-state index in [4.69, 9.17) is 23.2 Å². The average Bonchev–Trinajstić information content (AvgIpc) is 2.67. The highest BCUT2D eigenvalue weighted by atomic mass is 35.5. The van der Waals surface area contributed by atoms with E-state index in [0.29, 0.717) is 15.7 Å². The van der Waals surface area contributed by atoms with Crippen molar-refractivity contribution in [1.29, 1.82) is 0 Å². The lowest BCUT2D eigenvalue weighted by molar-refractivity contribution is -0.137. The van der Waals surface area contributed by atoms with Gasteiger partial charge in [0.15, 0.2) is 0 Å². The van der Waals surface area contributed by atoms with Crippen molar-refractivity contribution in [2.45, 2.75) is 31.3 Å². The monoisotopic (exact) mass is 421 g/mol. The molecule has 0 saturated heterocycles. The summed E-state index contributed by atoms with van der Waals surface area (Å²) in [7, 11) is 0. The summed E-state index contributed by atoms with van der Waals surface area (Å²) in [6, 6.07) is 11.3. The molecule has 148 valence electrons. The van der Waals surface area contributed by atoms with Crippen LogP contribution in [-0.2, 0) is 11.2 Å². The van der Waals surface area contributed by atoms with Crippen LogP contribution >= 0.6 is 23.2 Å². The van der Waals surface area contributed by atoms with Crippen molar-refractivity contribution in [1.82, 2.24) is 10.6 Å². The van der Waals surface area contributed by atoms with Crippen molar-refractivity contribution in [3.8, 4) is 0 Å². The number of para-hydroxylation sites is 1. The molecule has 6 nitrogen and oxygen atoms in total. The molecule has 28 heavy (non-hydrogen) atoms. The summed E-state index contributed by atoms with van der Waals surface area (Å²) in [5.41, 5.74) is 2.67. The summed E-state index contributed by atoms with van der Waals surface area (Å²) in [6.07, 6.45) is 2.84. The molecule has 1 unspecified atom stereocenters. The molecule has 0 fully saturated rings. The maximum atomic E-state index is 12.3. The number of urea groups is 1. The Bertz CT molecular complexity index is 855. The number of carbonyl (C=O) groups is 2. The second kappa shape index (κ2) is 9.17. The van der Waals surface area contributed by atoms with Gasteiger partial charge in [-0.05, 0) is 42.5 Å². The largest absolute Gasteiger partial charge is 0.480 e. The number of nitrogens with one attached hydrogen (secondary N) is 3. The number of anilines is 1. The number of amides is 2. The van der Waals surface area contributed by atoms with E-state index in [1.165, 1.54) is 5.56 Å². The summed E-state index contributed by atoms with van der Waals surface area (Å²) < 4.78 is 0. The molecular weight excluding hydrogens is 401 g/mol. The van der Waals surface area contributed by atoms with E-state index in [1.54, 1.807) is 18.2 Å². The Morgan fingerprint density at radius 2 is 1.82 bits per heavy atom. The number of aliphatic carboxylic acids is 1. The average molecular weight is 422 g/mol. The Morgan fingerprint density at radius 3 is 2.54 bits per heavy atom. The fourth-order valence-electron chi connectivity index (χ4n) is 3.32. The normalized spacial score (nSPS) is 16.6. The minimum absolute atomic E-state index is 0.0841. The lowest BCUT2D eigenvalue weighted by Crippen LogP contribution is -2.46. The molecule has 0 aromatic heterocycles. The van der Waals surface area contributed by atoms with Crippen molar-refractivity contribution in [3.63, 3.8) is 0 Å². The van der Waals surface area contributed by atoms with Gasteiger partial charge < -0.3 is 21.1 Å². The summed E-state index contributed by atoms with van der Waals surface area (Å²) in [5, 5.41) is 18.4. The fraction of sp³-hybridized carbons (Fsp3) is 0.300. The predicted octanol–water partition coefficient (Wildman–Crippen LogP) is 4.24. The van der Waals surface area contributed by atoms with Crippen molar-refractivity contribution < 1.29 is 14.7 Å². The molecule has 1 aliphatic carbocycles. The van der Waals surface area contributed by atoms with Gasteiger partial charge in [0.05, 0.1) is 28.3 Å². The van der Waals surface area contributed by atoms with Crippen LogP contribution in [0.4, 0.5) is 10.5 Å². The van der Waals surface area contributed by atoms with E-state index in [1.807, 2.05) is 18.2 Å². The van der Waals surface area contributed by atoms with Crippen LogP contribution in [0.15, 0.2) is 42.5 Å². The maximum absolute atomic E-state index is 12.3. The SMILES string of the molecule is O=C(NC[C@H](Nc1c(Cl)cccc1Cl)C(=O)O)NC1CCCc2ccccc21. The van der Waals surface area contributed by atoms with Crippen molar-refractivity contribution in [2.75, 3.05) is 11.9 Å². The van der Waals surface area contributed by atoms with Gasteiger partial charge in [-0.25, -0.2) is 9.59 Å². The van der Waals surface area contributed by atoms with Gasteiger partial charge in [-0.1, -0.05) is 53.5 Å². The number of benzene rings is 2. The Kier molecular flexibility index (Phi) is 6.65. The third-order valence-corrected chi connectivity index (χ3v) is 5.35. The number of hydrogen-bond acceptors (Lipinski definition) is 3. The second-order valence-corrected chi connectivity index (χ2v) is 7.44. The van der Waals surface area contributed by atoms with Crippen LogP contribution < -0.4 is 16.0 Å². The van der Waals surface area contributed by atoms with Crippen LogP contribution in [0.1, 0.15) is 30.0 Å². The fourth-order valence-corrected chi connectivity index (χ4v) is 3.82. The number of rotatable bonds is 6. The molecule has 3 rings (SSSR count). The zero-order chi connectivity index (χ0) is 20.1. The van der Waals surface area contributed by atoms with Gasteiger partial charge >= 0.3 is 12.0 Å². The second-order valence-electron chi connectivity index (χ2n) is 6.63. The molecule has 0 saturated carbocycles. The molecule has 2 aromatic rings. The molecule has 0 radical (unpaired) electrons. The van der Waals surface area contributed by atoms with Crippen LogP contribution in [0.25, 0.3) is 0 Å². The number of aryl methyl sites for hydroxylation is 1. The van der Waals surface area contributed by atoms with Gasteiger partial charge in [-0.3, -0.25) is 0 Å². The quantitative estimate of drug-likeness (QED) is 0.561. The van der Waals surface area contributed by atoms with Gasteiger partial charge in [-0.2, -0.15) is 0 Å². The lowest BCUT2D eigenvalue weighted by Gasteiger charge is -2.26. The zero-order valence-corrected chi connectivity index (χ0v) is 16.6. The van der Waals surface area contributed by atoms with E-state index >= 15 is 0 Å². The Balaban J connectivity index is 1.60. The highest BCUT2D eigenvalue weighted by Crippen LogP contribution is 2.31. The van der Waals surface area contributed by atoms with E-state index < -0.39 is 18.0 Å². The van der Waals surface area contributed by atoms with Crippen LogP contribution in [0.5, 0.6) is 0 Å². The molecule has 0 bridgehead atoms. The van der Waals surface area contributed by atoms with E-state index in [0.717, 1.165) is 24.8 Å². The molecule has 2 atom stereocenters. The van der Waals surface area contributed by atoms with E-state index in [2.05, 4.69) is 22.0 Å². The van der Waals surface area contributed by atoms with Crippen molar-refractivity contribution in [3.05, 3.63) is 63.6 Å². The number of hydrogen-bond donors (Lipinski definition) is 4. The molecular formula is C20H21Cl2N3O3. The highest BCUT2D eigenvalue weighted by molar-refractivity contribution is 6.39. The van der Waals surface area contributed by atoms with Gasteiger partial charge in [0, 0.05) is 0 Å². The third kappa shape index (κ3) is 4.88. The Hall–Kier alpha value is -2.44. The van der Waals surface area contributed by atoms with E-state index in [-0.39, 0.29) is 12.6 Å². The topological polar surface area (TPSA) is 90.5 Å². The lowest BCUT2D eigenvalue weighted by atomic mass is 9.88. The smallest absolute Gasteiger partial charge is 0.327 e. The molecule has 0 heterocycles. The molecule has 1 aliphatic rings. The summed E-state index contributed by atoms with van der Waals surface area (Å²) in [6.45, 7) is -0.128. The Labute approximate surface area is 173 Å². The first-order valence-electron chi connectivity index (χ1n) is 9.01. The highest BCUT2D eigenvalue weighted by Gasteiger charge is 2.23. The number of carboxylic acids is 1. The van der Waals surface area contributed by atoms with Gasteiger partial charge in [0.2, 0.25) is 0 Å². The van der Waals surface area contributed by atoms with Gasteiger partial charge in [0.1, 0.15) is 6.04 Å². The van der Waals surface area contributed by atoms with Crippen LogP contribution in [0.3, 0.4) is 0 Å². The molecule has 2 aromatic carbocycles. The molecule has 2 amide bonds. The van der Waals surface area contributed by atoms with E-state index in [9.17, 15) is 14.7 Å². The standard InChI is InChI=1S/C20H21Cl2N3O3/c21-14-8-4-9-15(22)18(14)24-17(19(26)27)11-23-20(28)25-16-10-3-6-12-5-1-2-7-13(12)16/h1-2,4-5,7-9,16-17,24H,3,6,10-11H2,(H,26,27)(H2,23,25,28)/t16?,17-/m0/s1. The molecule has 8 heteroatoms. The minimum Gasteiger partial charge on any atom is -0.480 e. The number of halogens is 2. The zero-order valence-electron chi connectivity index (χ0n) is 15.0. The first kappa shape index (κ1) is 20.3. The minimum atomic E-state index is -1.13. The molecule has 4 N–H and O–H groups in total. The third-order valence-electron chi connectivity index (χ3n) is 4.72. The van der Waals surface area contributed by atoms with Crippen molar-refractivity contribution in [2.24, 2.45) is 0 Å². The summed E-state index contributed by atoms with van der Waals surface area (Å²) in [4.78, 5) is 23.9. The predicted molar refractivity (Wildman–Crippen MR) is 110 cm³/mol. The first-order valence-corrected chi connectivity index (χ1v) is 9.77.